The molecule has 0 aliphatic rings. The van der Waals surface area contributed by atoms with Crippen molar-refractivity contribution in [1.82, 2.24) is 14.9 Å². The highest BCUT2D eigenvalue weighted by Gasteiger charge is 2.19. The Kier molecular flexibility index (Phi) is 7.68. The zero-order valence-corrected chi connectivity index (χ0v) is 20.6. The number of aromatic nitrogens is 2. The van der Waals surface area contributed by atoms with Gasteiger partial charge in [-0.05, 0) is 68.3 Å². The van der Waals surface area contributed by atoms with Crippen LogP contribution in [0.3, 0.4) is 0 Å². The summed E-state index contributed by atoms with van der Waals surface area (Å²) in [4.78, 5) is 17.6. The summed E-state index contributed by atoms with van der Waals surface area (Å²) >= 11 is 9.56. The van der Waals surface area contributed by atoms with Gasteiger partial charge in [0.25, 0.3) is 5.91 Å². The molecule has 170 valence electrons. The van der Waals surface area contributed by atoms with Gasteiger partial charge in [-0.3, -0.25) is 4.79 Å². The number of aryl methyl sites for hydroxylation is 1. The minimum Gasteiger partial charge on any atom is -0.492 e. The lowest BCUT2D eigenvalue weighted by Crippen LogP contribution is -2.28. The summed E-state index contributed by atoms with van der Waals surface area (Å²) in [6.45, 7) is 3.33. The number of nitrogens with one attached hydrogen (secondary N) is 1. The van der Waals surface area contributed by atoms with Gasteiger partial charge in [-0.1, -0.05) is 51.8 Å². The van der Waals surface area contributed by atoms with Gasteiger partial charge in [0.05, 0.1) is 28.7 Å². The Morgan fingerprint density at radius 1 is 1.06 bits per heavy atom. The molecule has 1 unspecified atom stereocenters. The molecule has 0 spiro atoms. The summed E-state index contributed by atoms with van der Waals surface area (Å²) in [6, 6.07) is 22.6. The third-order valence-electron chi connectivity index (χ3n) is 5.40. The molecule has 1 aromatic heterocycles. The number of halogens is 2. The second kappa shape index (κ2) is 10.9. The van der Waals surface area contributed by atoms with Crippen molar-refractivity contribution >= 4 is 44.5 Å². The fourth-order valence-corrected chi connectivity index (χ4v) is 4.18. The van der Waals surface area contributed by atoms with Crippen LogP contribution in [0.4, 0.5) is 0 Å². The minimum atomic E-state index is -0.243. The molecule has 4 aromatic rings. The highest BCUT2D eigenvalue weighted by molar-refractivity contribution is 9.10. The number of fused-ring (bicyclic) bond motifs is 1. The number of hydrogen-bond acceptors (Lipinski definition) is 3. The standard InChI is InChI=1S/C26H25BrClN3O2/c1-18(29-26(32)19-12-14-20(27)15-13-19)25-30-22-9-3-4-10-23(22)31(25)16-6-7-17-33-24-11-5-2-8-21(24)28/h2-5,8-15,18H,6-7,16-17H2,1H3,(H,29,32). The largest absolute Gasteiger partial charge is 0.492 e. The first-order valence-electron chi connectivity index (χ1n) is 10.9. The van der Waals surface area contributed by atoms with E-state index in [4.69, 9.17) is 21.3 Å². The number of rotatable bonds is 9. The van der Waals surface area contributed by atoms with E-state index in [0.29, 0.717) is 22.9 Å². The van der Waals surface area contributed by atoms with E-state index in [2.05, 4.69) is 31.9 Å². The van der Waals surface area contributed by atoms with E-state index >= 15 is 0 Å². The number of para-hydroxylation sites is 3. The van der Waals surface area contributed by atoms with Crippen LogP contribution >= 0.6 is 27.5 Å². The topological polar surface area (TPSA) is 56.2 Å². The molecule has 3 aromatic carbocycles. The van der Waals surface area contributed by atoms with Gasteiger partial charge in [0, 0.05) is 16.6 Å². The Balaban J connectivity index is 1.43. The number of hydrogen-bond donors (Lipinski definition) is 1. The van der Waals surface area contributed by atoms with Gasteiger partial charge >= 0.3 is 0 Å². The molecule has 7 heteroatoms. The van der Waals surface area contributed by atoms with Crippen molar-refractivity contribution in [3.8, 4) is 5.75 Å². The Labute approximate surface area is 206 Å². The first-order chi connectivity index (χ1) is 16.0. The van der Waals surface area contributed by atoms with Gasteiger partial charge in [-0.15, -0.1) is 0 Å². The lowest BCUT2D eigenvalue weighted by molar-refractivity contribution is 0.0937. The molecule has 1 amide bonds. The van der Waals surface area contributed by atoms with Gasteiger partial charge in [-0.2, -0.15) is 0 Å². The molecule has 0 saturated carbocycles. The van der Waals surface area contributed by atoms with E-state index < -0.39 is 0 Å². The zero-order chi connectivity index (χ0) is 23.2. The molecule has 0 fully saturated rings. The Bertz CT molecular complexity index is 1240. The summed E-state index contributed by atoms with van der Waals surface area (Å²) in [6.07, 6.45) is 1.78. The van der Waals surface area contributed by atoms with Crippen molar-refractivity contribution in [1.29, 1.82) is 0 Å². The van der Waals surface area contributed by atoms with Crippen molar-refractivity contribution in [3.05, 3.63) is 93.7 Å². The maximum Gasteiger partial charge on any atom is 0.251 e. The van der Waals surface area contributed by atoms with Crippen molar-refractivity contribution < 1.29 is 9.53 Å². The molecule has 1 N–H and O–H groups in total. The fraction of sp³-hybridized carbons (Fsp3) is 0.231. The molecule has 0 radical (unpaired) electrons. The van der Waals surface area contributed by atoms with Crippen LogP contribution in [0, 0.1) is 0 Å². The molecule has 5 nitrogen and oxygen atoms in total. The third kappa shape index (κ3) is 5.75. The number of carbonyl (C=O) groups excluding carboxylic acids is 1. The first-order valence-corrected chi connectivity index (χ1v) is 12.1. The lowest BCUT2D eigenvalue weighted by atomic mass is 10.2. The predicted molar refractivity (Wildman–Crippen MR) is 136 cm³/mol. The lowest BCUT2D eigenvalue weighted by Gasteiger charge is -2.17. The van der Waals surface area contributed by atoms with E-state index in [1.54, 1.807) is 12.1 Å². The van der Waals surface area contributed by atoms with Gasteiger partial charge in [-0.25, -0.2) is 4.98 Å². The van der Waals surface area contributed by atoms with Crippen molar-refractivity contribution in [2.75, 3.05) is 6.61 Å². The molecular weight excluding hydrogens is 502 g/mol. The average Bonchev–Trinajstić information content (AvgIpc) is 3.19. The van der Waals surface area contributed by atoms with Crippen LogP contribution in [0.15, 0.2) is 77.3 Å². The van der Waals surface area contributed by atoms with Crippen molar-refractivity contribution in [2.45, 2.75) is 32.4 Å². The summed E-state index contributed by atoms with van der Waals surface area (Å²) in [5.41, 5.74) is 2.60. The van der Waals surface area contributed by atoms with Crippen LogP contribution in [-0.4, -0.2) is 22.1 Å². The molecule has 4 rings (SSSR count). The number of imidazole rings is 1. The van der Waals surface area contributed by atoms with Crippen LogP contribution in [0.1, 0.15) is 42.0 Å². The zero-order valence-electron chi connectivity index (χ0n) is 18.3. The fourth-order valence-electron chi connectivity index (χ4n) is 3.72. The Morgan fingerprint density at radius 2 is 1.79 bits per heavy atom. The number of amides is 1. The monoisotopic (exact) mass is 525 g/mol. The molecular formula is C26H25BrClN3O2. The van der Waals surface area contributed by atoms with E-state index in [9.17, 15) is 4.79 Å². The third-order valence-corrected chi connectivity index (χ3v) is 6.24. The summed E-state index contributed by atoms with van der Waals surface area (Å²) in [7, 11) is 0. The van der Waals surface area contributed by atoms with Crippen LogP contribution in [0.2, 0.25) is 5.02 Å². The van der Waals surface area contributed by atoms with Crippen LogP contribution in [0.25, 0.3) is 11.0 Å². The van der Waals surface area contributed by atoms with Gasteiger partial charge in [0.1, 0.15) is 11.6 Å². The molecule has 1 heterocycles. The number of ether oxygens (including phenoxy) is 1. The van der Waals surface area contributed by atoms with Crippen LogP contribution in [-0.2, 0) is 6.54 Å². The highest BCUT2D eigenvalue weighted by Crippen LogP contribution is 2.24. The molecule has 0 bridgehead atoms. The van der Waals surface area contributed by atoms with E-state index in [-0.39, 0.29) is 11.9 Å². The van der Waals surface area contributed by atoms with E-state index in [1.807, 2.05) is 61.5 Å². The number of carbonyl (C=O) groups is 1. The minimum absolute atomic E-state index is 0.123. The normalized spacial score (nSPS) is 12.0. The Hall–Kier alpha value is -2.83. The van der Waals surface area contributed by atoms with Crippen molar-refractivity contribution in [2.24, 2.45) is 0 Å². The maximum atomic E-state index is 12.7. The van der Waals surface area contributed by atoms with Crippen LogP contribution < -0.4 is 10.1 Å². The highest BCUT2D eigenvalue weighted by atomic mass is 79.9. The van der Waals surface area contributed by atoms with E-state index in [1.165, 1.54) is 0 Å². The van der Waals surface area contributed by atoms with Crippen LogP contribution in [0.5, 0.6) is 5.75 Å². The number of benzene rings is 3. The second-order valence-corrected chi connectivity index (χ2v) is 9.12. The van der Waals surface area contributed by atoms with Gasteiger partial charge in [0.15, 0.2) is 0 Å². The summed E-state index contributed by atoms with van der Waals surface area (Å²) < 4.78 is 8.94. The summed E-state index contributed by atoms with van der Waals surface area (Å²) in [5, 5.41) is 3.71. The number of nitrogens with zero attached hydrogens (tertiary/aromatic N) is 2. The van der Waals surface area contributed by atoms with Gasteiger partial charge in [0.2, 0.25) is 0 Å². The van der Waals surface area contributed by atoms with Crippen molar-refractivity contribution in [3.63, 3.8) is 0 Å². The molecule has 1 atom stereocenters. The Morgan fingerprint density at radius 3 is 2.58 bits per heavy atom. The molecule has 0 saturated heterocycles. The quantitative estimate of drug-likeness (QED) is 0.244. The van der Waals surface area contributed by atoms with E-state index in [0.717, 1.165) is 40.7 Å². The predicted octanol–water partition coefficient (Wildman–Crippen LogP) is 6.80. The summed E-state index contributed by atoms with van der Waals surface area (Å²) in [5.74, 6) is 1.42. The molecule has 0 aliphatic carbocycles. The smallest absolute Gasteiger partial charge is 0.251 e. The SMILES string of the molecule is CC(NC(=O)c1ccc(Br)cc1)c1nc2ccccc2n1CCCCOc1ccccc1Cl. The average molecular weight is 527 g/mol. The second-order valence-electron chi connectivity index (χ2n) is 7.80. The van der Waals surface area contributed by atoms with Gasteiger partial charge < -0.3 is 14.6 Å². The number of unbranched alkanes of at least 4 members (excludes halogenated alkanes) is 1. The first kappa shape index (κ1) is 23.3. The molecule has 33 heavy (non-hydrogen) atoms. The maximum absolute atomic E-state index is 12.7. The molecule has 0 aliphatic heterocycles.